The molecule has 1 aliphatic heterocycles. The number of anilines is 1. The molecule has 0 spiro atoms. The second-order valence-electron chi connectivity index (χ2n) is 8.40. The van der Waals surface area contributed by atoms with Crippen molar-refractivity contribution in [3.63, 3.8) is 0 Å². The summed E-state index contributed by atoms with van der Waals surface area (Å²) in [6, 6.07) is 13.6. The van der Waals surface area contributed by atoms with E-state index in [1.165, 1.54) is 12.1 Å². The molecular weight excluding hydrogens is 395 g/mol. The van der Waals surface area contributed by atoms with E-state index in [9.17, 15) is 14.0 Å². The minimum atomic E-state index is -1.19. The fourth-order valence-electron chi connectivity index (χ4n) is 4.17. The summed E-state index contributed by atoms with van der Waals surface area (Å²) in [7, 11) is 0. The molecule has 0 radical (unpaired) electrons. The molecule has 7 heteroatoms. The van der Waals surface area contributed by atoms with Crippen LogP contribution in [-0.4, -0.2) is 27.1 Å². The van der Waals surface area contributed by atoms with Gasteiger partial charge in [0.2, 0.25) is 5.91 Å². The quantitative estimate of drug-likeness (QED) is 0.700. The van der Waals surface area contributed by atoms with Gasteiger partial charge >= 0.3 is 0 Å². The highest BCUT2D eigenvalue weighted by atomic mass is 19.1. The van der Waals surface area contributed by atoms with E-state index in [1.54, 1.807) is 34.7 Å². The molecular formula is C24H25FN4O2. The maximum atomic E-state index is 13.5. The SMILES string of the molecule is Cc1cc(C)cc(N2C(=O)c3cc(C)nn3C[C@]2(C)C(=O)NCc2ccc(F)cc2)c1. The van der Waals surface area contributed by atoms with Crippen LogP contribution in [0.2, 0.25) is 0 Å². The summed E-state index contributed by atoms with van der Waals surface area (Å²) >= 11 is 0. The zero-order chi connectivity index (χ0) is 22.3. The molecule has 0 saturated heterocycles. The second-order valence-corrected chi connectivity index (χ2v) is 8.40. The van der Waals surface area contributed by atoms with E-state index in [0.29, 0.717) is 11.4 Å². The Labute approximate surface area is 180 Å². The highest BCUT2D eigenvalue weighted by molar-refractivity contribution is 6.11. The number of amides is 2. The van der Waals surface area contributed by atoms with E-state index in [2.05, 4.69) is 10.4 Å². The minimum absolute atomic E-state index is 0.226. The number of nitrogens with zero attached hydrogens (tertiary/aromatic N) is 3. The highest BCUT2D eigenvalue weighted by Crippen LogP contribution is 2.34. The van der Waals surface area contributed by atoms with Gasteiger partial charge in [0.1, 0.15) is 17.1 Å². The fourth-order valence-corrected chi connectivity index (χ4v) is 4.17. The standard InChI is InChI=1S/C24H25FN4O2/c1-15-9-16(2)11-20(10-15)29-22(30)21-12-17(3)27-28(21)14-24(29,4)23(31)26-13-18-5-7-19(25)8-6-18/h5-12H,13-14H2,1-4H3,(H,26,31)/t24-/m1/s1. The van der Waals surface area contributed by atoms with Crippen LogP contribution < -0.4 is 10.2 Å². The van der Waals surface area contributed by atoms with Gasteiger partial charge in [-0.2, -0.15) is 5.10 Å². The lowest BCUT2D eigenvalue weighted by Crippen LogP contribution is -2.64. The predicted octanol–water partition coefficient (Wildman–Crippen LogP) is 3.68. The second kappa shape index (κ2) is 7.65. The van der Waals surface area contributed by atoms with Crippen LogP contribution in [0.3, 0.4) is 0 Å². The molecule has 31 heavy (non-hydrogen) atoms. The first-order chi connectivity index (χ1) is 14.7. The van der Waals surface area contributed by atoms with Gasteiger partial charge in [0.05, 0.1) is 12.2 Å². The first-order valence-electron chi connectivity index (χ1n) is 10.2. The van der Waals surface area contributed by atoms with Crippen molar-refractivity contribution in [2.45, 2.75) is 46.3 Å². The largest absolute Gasteiger partial charge is 0.350 e. The Morgan fingerprint density at radius 2 is 1.74 bits per heavy atom. The maximum absolute atomic E-state index is 13.5. The number of aryl methyl sites for hydroxylation is 3. The van der Waals surface area contributed by atoms with Crippen molar-refractivity contribution in [3.8, 4) is 0 Å². The van der Waals surface area contributed by atoms with Gasteiger partial charge in [-0.25, -0.2) is 4.39 Å². The summed E-state index contributed by atoms with van der Waals surface area (Å²) in [5.41, 5.74) is 3.45. The molecule has 0 saturated carbocycles. The Balaban J connectivity index is 1.72. The zero-order valence-corrected chi connectivity index (χ0v) is 18.1. The molecule has 0 fully saturated rings. The fraction of sp³-hybridized carbons (Fsp3) is 0.292. The molecule has 1 aliphatic rings. The lowest BCUT2D eigenvalue weighted by atomic mass is 9.93. The average Bonchev–Trinajstić information content (AvgIpc) is 3.06. The van der Waals surface area contributed by atoms with Crippen molar-refractivity contribution in [3.05, 3.63) is 82.4 Å². The molecule has 6 nitrogen and oxygen atoms in total. The molecule has 1 aromatic heterocycles. The Bertz CT molecular complexity index is 1150. The third kappa shape index (κ3) is 3.83. The van der Waals surface area contributed by atoms with Crippen molar-refractivity contribution in [2.75, 3.05) is 4.90 Å². The number of rotatable bonds is 4. The van der Waals surface area contributed by atoms with Crippen LogP contribution in [0.1, 0.15) is 39.8 Å². The van der Waals surface area contributed by atoms with Crippen LogP contribution in [-0.2, 0) is 17.9 Å². The highest BCUT2D eigenvalue weighted by Gasteiger charge is 2.48. The number of halogens is 1. The molecule has 3 aromatic rings. The Morgan fingerprint density at radius 3 is 2.39 bits per heavy atom. The van der Waals surface area contributed by atoms with E-state index in [0.717, 1.165) is 22.4 Å². The number of nitrogens with one attached hydrogen (secondary N) is 1. The normalized spacial score (nSPS) is 18.1. The summed E-state index contributed by atoms with van der Waals surface area (Å²) in [5.74, 6) is -0.901. The molecule has 2 aromatic carbocycles. The van der Waals surface area contributed by atoms with E-state index < -0.39 is 5.54 Å². The van der Waals surface area contributed by atoms with Crippen molar-refractivity contribution in [1.29, 1.82) is 0 Å². The summed E-state index contributed by atoms with van der Waals surface area (Å²) in [4.78, 5) is 28.6. The smallest absolute Gasteiger partial charge is 0.277 e. The van der Waals surface area contributed by atoms with Gasteiger partial charge in [0, 0.05) is 12.2 Å². The van der Waals surface area contributed by atoms with Crippen LogP contribution in [0.4, 0.5) is 10.1 Å². The first kappa shape index (κ1) is 20.8. The monoisotopic (exact) mass is 420 g/mol. The zero-order valence-electron chi connectivity index (χ0n) is 18.1. The molecule has 2 amide bonds. The van der Waals surface area contributed by atoms with E-state index in [1.807, 2.05) is 39.0 Å². The van der Waals surface area contributed by atoms with E-state index in [-0.39, 0.29) is 30.7 Å². The summed E-state index contributed by atoms with van der Waals surface area (Å²) < 4.78 is 14.8. The topological polar surface area (TPSA) is 67.2 Å². The van der Waals surface area contributed by atoms with Gasteiger partial charge < -0.3 is 5.32 Å². The summed E-state index contributed by atoms with van der Waals surface area (Å²) in [6.45, 7) is 7.96. The van der Waals surface area contributed by atoms with Gasteiger partial charge in [-0.15, -0.1) is 0 Å². The first-order valence-corrected chi connectivity index (χ1v) is 10.2. The molecule has 1 atom stereocenters. The van der Waals surface area contributed by atoms with Gasteiger partial charge in [-0.1, -0.05) is 18.2 Å². The van der Waals surface area contributed by atoms with E-state index >= 15 is 0 Å². The Hall–Kier alpha value is -3.48. The molecule has 4 rings (SSSR count). The van der Waals surface area contributed by atoms with Gasteiger partial charge in [0.15, 0.2) is 0 Å². The molecule has 160 valence electrons. The number of benzene rings is 2. The lowest BCUT2D eigenvalue weighted by molar-refractivity contribution is -0.126. The summed E-state index contributed by atoms with van der Waals surface area (Å²) in [5, 5.41) is 7.34. The van der Waals surface area contributed by atoms with E-state index in [4.69, 9.17) is 0 Å². The van der Waals surface area contributed by atoms with Crippen molar-refractivity contribution < 1.29 is 14.0 Å². The molecule has 1 N–H and O–H groups in total. The lowest BCUT2D eigenvalue weighted by Gasteiger charge is -2.43. The number of carbonyl (C=O) groups is 2. The van der Waals surface area contributed by atoms with Crippen molar-refractivity contribution in [2.24, 2.45) is 0 Å². The average molecular weight is 420 g/mol. The molecule has 2 heterocycles. The number of hydrogen-bond donors (Lipinski definition) is 1. The third-order valence-electron chi connectivity index (χ3n) is 5.60. The number of hydrogen-bond acceptors (Lipinski definition) is 3. The Morgan fingerprint density at radius 1 is 1.10 bits per heavy atom. The van der Waals surface area contributed by atoms with Crippen molar-refractivity contribution >= 4 is 17.5 Å². The van der Waals surface area contributed by atoms with Gasteiger partial charge in [-0.05, 0) is 74.7 Å². The predicted molar refractivity (Wildman–Crippen MR) is 116 cm³/mol. The summed E-state index contributed by atoms with van der Waals surface area (Å²) in [6.07, 6.45) is 0. The number of aromatic nitrogens is 2. The maximum Gasteiger partial charge on any atom is 0.277 e. The number of fused-ring (bicyclic) bond motifs is 1. The number of carbonyl (C=O) groups excluding carboxylic acids is 2. The Kier molecular flexibility index (Phi) is 5.13. The molecule has 0 aliphatic carbocycles. The molecule has 0 bridgehead atoms. The minimum Gasteiger partial charge on any atom is -0.350 e. The van der Waals surface area contributed by atoms with Crippen LogP contribution in [0.15, 0.2) is 48.5 Å². The van der Waals surface area contributed by atoms with Crippen LogP contribution >= 0.6 is 0 Å². The van der Waals surface area contributed by atoms with Crippen molar-refractivity contribution in [1.82, 2.24) is 15.1 Å². The van der Waals surface area contributed by atoms with Gasteiger partial charge in [-0.3, -0.25) is 19.2 Å². The third-order valence-corrected chi connectivity index (χ3v) is 5.60. The molecule has 0 unspecified atom stereocenters. The van der Waals surface area contributed by atoms with Gasteiger partial charge in [0.25, 0.3) is 5.91 Å². The van der Waals surface area contributed by atoms with Crippen LogP contribution in [0, 0.1) is 26.6 Å². The van der Waals surface area contributed by atoms with Crippen LogP contribution in [0.5, 0.6) is 0 Å². The van der Waals surface area contributed by atoms with Crippen LogP contribution in [0.25, 0.3) is 0 Å².